The number of aliphatic hydroxyl groups is 2. The monoisotopic (exact) mass is 468 g/mol. The van der Waals surface area contributed by atoms with Gasteiger partial charge in [0.2, 0.25) is 0 Å². The third-order valence-corrected chi connectivity index (χ3v) is 6.25. The molecule has 5 nitrogen and oxygen atoms in total. The number of hydrogen-bond donors (Lipinski definition) is 2. The van der Waals surface area contributed by atoms with Crippen molar-refractivity contribution in [2.45, 2.75) is 57.8 Å². The van der Waals surface area contributed by atoms with Gasteiger partial charge in [0.15, 0.2) is 0 Å². The number of aromatic nitrogens is 2. The highest BCUT2D eigenvalue weighted by molar-refractivity contribution is 6.30. The normalized spacial score (nSPS) is 12.2. The lowest BCUT2D eigenvalue weighted by Crippen LogP contribution is -2.30. The average Bonchev–Trinajstić information content (AvgIpc) is 3.23. The fraction of sp³-hybridized carbons (Fsp3) is 0.407. The van der Waals surface area contributed by atoms with Crippen molar-refractivity contribution in [1.82, 2.24) is 9.78 Å². The molecule has 33 heavy (non-hydrogen) atoms. The Balaban J connectivity index is 1.73. The third-order valence-electron chi connectivity index (χ3n) is 6.01. The first-order chi connectivity index (χ1) is 15.6. The Kier molecular flexibility index (Phi) is 7.78. The highest BCUT2D eigenvalue weighted by atomic mass is 35.5. The molecule has 176 valence electrons. The van der Waals surface area contributed by atoms with Gasteiger partial charge in [-0.2, -0.15) is 5.10 Å². The summed E-state index contributed by atoms with van der Waals surface area (Å²) in [6.45, 7) is 7.89. The van der Waals surface area contributed by atoms with E-state index in [9.17, 15) is 15.0 Å². The van der Waals surface area contributed by atoms with Crippen molar-refractivity contribution in [1.29, 1.82) is 0 Å². The van der Waals surface area contributed by atoms with Gasteiger partial charge in [0.05, 0.1) is 24.6 Å². The number of rotatable bonds is 9. The van der Waals surface area contributed by atoms with Gasteiger partial charge in [0.1, 0.15) is 5.78 Å². The summed E-state index contributed by atoms with van der Waals surface area (Å²) in [7, 11) is 0. The number of aliphatic hydroxyl groups excluding tert-OH is 2. The SMILES string of the molecule is CC(C)(C)c1cc(CCC(=O)Cc2ccc(C(C)(CO)CO)cc2)n(-c2cccc(Cl)c2)n1. The first-order valence-electron chi connectivity index (χ1n) is 11.2. The molecule has 3 aromatic rings. The molecule has 0 spiro atoms. The van der Waals surface area contributed by atoms with E-state index in [0.29, 0.717) is 24.3 Å². The van der Waals surface area contributed by atoms with E-state index < -0.39 is 5.41 Å². The summed E-state index contributed by atoms with van der Waals surface area (Å²) in [5.41, 5.74) is 3.80. The number of aryl methyl sites for hydroxylation is 1. The molecule has 6 heteroatoms. The van der Waals surface area contributed by atoms with Crippen LogP contribution in [0, 0.1) is 0 Å². The molecule has 0 unspecified atom stereocenters. The fourth-order valence-corrected chi connectivity index (χ4v) is 3.82. The molecule has 0 aliphatic rings. The molecule has 0 aliphatic carbocycles. The van der Waals surface area contributed by atoms with Crippen LogP contribution >= 0.6 is 11.6 Å². The zero-order valence-corrected chi connectivity index (χ0v) is 20.6. The standard InChI is InChI=1S/C27H33ClN2O3/c1-26(2,3)25-16-23(30(29-25)22-7-5-6-21(28)15-22)12-13-24(33)14-19-8-10-20(11-9-19)27(4,17-31)18-32/h5-11,15-16,31-32H,12-14,17-18H2,1-4H3. The van der Waals surface area contributed by atoms with Crippen molar-refractivity contribution in [2.24, 2.45) is 0 Å². The number of hydrogen-bond acceptors (Lipinski definition) is 4. The Morgan fingerprint density at radius 1 is 1.00 bits per heavy atom. The molecule has 0 aliphatic heterocycles. The maximum absolute atomic E-state index is 12.8. The smallest absolute Gasteiger partial charge is 0.137 e. The van der Waals surface area contributed by atoms with Gasteiger partial charge in [-0.1, -0.05) is 69.6 Å². The van der Waals surface area contributed by atoms with Crippen LogP contribution in [0.25, 0.3) is 5.69 Å². The van der Waals surface area contributed by atoms with Crippen LogP contribution in [-0.2, 0) is 28.5 Å². The van der Waals surface area contributed by atoms with E-state index in [1.807, 2.05) is 60.1 Å². The van der Waals surface area contributed by atoms with Crippen LogP contribution in [0.3, 0.4) is 0 Å². The van der Waals surface area contributed by atoms with Crippen LogP contribution in [0.4, 0.5) is 0 Å². The summed E-state index contributed by atoms with van der Waals surface area (Å²) in [6.07, 6.45) is 1.33. The zero-order valence-electron chi connectivity index (χ0n) is 19.8. The maximum Gasteiger partial charge on any atom is 0.137 e. The van der Waals surface area contributed by atoms with Crippen molar-refractivity contribution < 1.29 is 15.0 Å². The molecule has 0 saturated carbocycles. The van der Waals surface area contributed by atoms with Crippen LogP contribution in [0.1, 0.15) is 56.6 Å². The summed E-state index contributed by atoms with van der Waals surface area (Å²) in [5, 5.41) is 24.6. The molecule has 0 bridgehead atoms. The van der Waals surface area contributed by atoms with E-state index in [4.69, 9.17) is 16.7 Å². The van der Waals surface area contributed by atoms with Crippen LogP contribution in [0.2, 0.25) is 5.02 Å². The van der Waals surface area contributed by atoms with E-state index in [2.05, 4.69) is 26.8 Å². The summed E-state index contributed by atoms with van der Waals surface area (Å²) in [6, 6.07) is 17.2. The van der Waals surface area contributed by atoms with E-state index in [-0.39, 0.29) is 24.4 Å². The molecule has 0 radical (unpaired) electrons. The Morgan fingerprint density at radius 2 is 1.67 bits per heavy atom. The average molecular weight is 469 g/mol. The Bertz CT molecular complexity index is 1090. The lowest BCUT2D eigenvalue weighted by Gasteiger charge is -2.25. The number of halogens is 1. The number of carbonyl (C=O) groups excluding carboxylic acids is 1. The summed E-state index contributed by atoms with van der Waals surface area (Å²) < 4.78 is 1.89. The first-order valence-corrected chi connectivity index (χ1v) is 11.6. The predicted octanol–water partition coefficient (Wildman–Crippen LogP) is 4.81. The molecule has 1 aromatic heterocycles. The van der Waals surface area contributed by atoms with Crippen LogP contribution in [-0.4, -0.2) is 39.0 Å². The molecule has 0 saturated heterocycles. The Morgan fingerprint density at radius 3 is 2.24 bits per heavy atom. The predicted molar refractivity (Wildman–Crippen MR) is 132 cm³/mol. The maximum atomic E-state index is 12.8. The van der Waals surface area contributed by atoms with Crippen molar-refractivity contribution >= 4 is 17.4 Å². The molecular formula is C27H33ClN2O3. The first kappa shape index (κ1) is 25.2. The second-order valence-corrected chi connectivity index (χ2v) is 10.4. The van der Waals surface area contributed by atoms with Gasteiger partial charge in [-0.05, 0) is 41.8 Å². The molecule has 0 fully saturated rings. The van der Waals surface area contributed by atoms with Crippen molar-refractivity contribution in [2.75, 3.05) is 13.2 Å². The minimum absolute atomic E-state index is 0.109. The van der Waals surface area contributed by atoms with Gasteiger partial charge in [-0.25, -0.2) is 4.68 Å². The highest BCUT2D eigenvalue weighted by Crippen LogP contribution is 2.26. The second-order valence-electron chi connectivity index (χ2n) is 9.95. The van der Waals surface area contributed by atoms with Gasteiger partial charge in [-0.15, -0.1) is 0 Å². The van der Waals surface area contributed by atoms with Gasteiger partial charge < -0.3 is 10.2 Å². The number of nitrogens with zero attached hydrogens (tertiary/aromatic N) is 2. The van der Waals surface area contributed by atoms with Gasteiger partial charge in [0, 0.05) is 34.4 Å². The molecule has 0 amide bonds. The second kappa shape index (κ2) is 10.2. The summed E-state index contributed by atoms with van der Waals surface area (Å²) in [5.74, 6) is 0.144. The van der Waals surface area contributed by atoms with Gasteiger partial charge in [-0.3, -0.25) is 4.79 Å². The molecule has 2 N–H and O–H groups in total. The van der Waals surface area contributed by atoms with Crippen LogP contribution in [0.5, 0.6) is 0 Å². The van der Waals surface area contributed by atoms with Crippen LogP contribution < -0.4 is 0 Å². The molecule has 0 atom stereocenters. The number of carbonyl (C=O) groups is 1. The van der Waals surface area contributed by atoms with E-state index >= 15 is 0 Å². The Labute approximate surface area is 201 Å². The number of Topliss-reactive ketones (excluding diaryl/α,β-unsaturated/α-hetero) is 1. The minimum Gasteiger partial charge on any atom is -0.395 e. The third kappa shape index (κ3) is 6.11. The number of benzene rings is 2. The quantitative estimate of drug-likeness (QED) is 0.472. The number of ketones is 1. The Hall–Kier alpha value is -2.47. The molecule has 1 heterocycles. The summed E-state index contributed by atoms with van der Waals surface area (Å²) in [4.78, 5) is 12.8. The van der Waals surface area contributed by atoms with Crippen molar-refractivity contribution in [3.05, 3.63) is 82.1 Å². The van der Waals surface area contributed by atoms with Gasteiger partial charge >= 0.3 is 0 Å². The molecule has 2 aromatic carbocycles. The lowest BCUT2D eigenvalue weighted by atomic mass is 9.83. The zero-order chi connectivity index (χ0) is 24.2. The van der Waals surface area contributed by atoms with E-state index in [0.717, 1.165) is 28.2 Å². The van der Waals surface area contributed by atoms with Crippen molar-refractivity contribution in [3.63, 3.8) is 0 Å². The topological polar surface area (TPSA) is 75.3 Å². The van der Waals surface area contributed by atoms with Gasteiger partial charge in [0.25, 0.3) is 0 Å². The van der Waals surface area contributed by atoms with Crippen molar-refractivity contribution in [3.8, 4) is 5.69 Å². The fourth-order valence-electron chi connectivity index (χ4n) is 3.64. The molecular weight excluding hydrogens is 436 g/mol. The molecule has 3 rings (SSSR count). The van der Waals surface area contributed by atoms with E-state index in [1.165, 1.54) is 0 Å². The largest absolute Gasteiger partial charge is 0.395 e. The summed E-state index contributed by atoms with van der Waals surface area (Å²) >= 11 is 6.20. The minimum atomic E-state index is -0.688. The van der Waals surface area contributed by atoms with Crippen LogP contribution in [0.15, 0.2) is 54.6 Å². The van der Waals surface area contributed by atoms with E-state index in [1.54, 1.807) is 0 Å². The highest BCUT2D eigenvalue weighted by Gasteiger charge is 2.25. The lowest BCUT2D eigenvalue weighted by molar-refractivity contribution is -0.118.